The summed E-state index contributed by atoms with van der Waals surface area (Å²) < 4.78 is 49.1. The van der Waals surface area contributed by atoms with Crippen LogP contribution in [0.4, 0.5) is 14.6 Å². The summed E-state index contributed by atoms with van der Waals surface area (Å²) in [7, 11) is 0. The third-order valence-electron chi connectivity index (χ3n) is 9.21. The summed E-state index contributed by atoms with van der Waals surface area (Å²) in [5.74, 6) is 0.120. The second-order valence-electron chi connectivity index (χ2n) is 11.9. The second kappa shape index (κ2) is 9.50. The van der Waals surface area contributed by atoms with Crippen LogP contribution in [0.3, 0.4) is 0 Å². The Balaban J connectivity index is 1.29. The first-order valence-corrected chi connectivity index (χ1v) is 14.7. The van der Waals surface area contributed by atoms with E-state index in [-0.39, 0.29) is 54.0 Å². The average molecular weight is 586 g/mol. The zero-order chi connectivity index (χ0) is 27.9. The van der Waals surface area contributed by atoms with Crippen molar-refractivity contribution in [2.75, 3.05) is 51.0 Å². The first-order chi connectivity index (χ1) is 19.9. The summed E-state index contributed by atoms with van der Waals surface area (Å²) in [4.78, 5) is 18.2. The number of phenols is 1. The number of nitrogens with zero attached hydrogens (tertiary/aromatic N) is 5. The van der Waals surface area contributed by atoms with Crippen molar-refractivity contribution >= 4 is 28.3 Å². The van der Waals surface area contributed by atoms with Crippen molar-refractivity contribution in [2.24, 2.45) is 0 Å². The van der Waals surface area contributed by atoms with E-state index in [1.165, 1.54) is 12.1 Å². The van der Waals surface area contributed by atoms with Gasteiger partial charge in [0.2, 0.25) is 5.88 Å². The molecule has 3 atom stereocenters. The molecule has 41 heavy (non-hydrogen) atoms. The lowest BCUT2D eigenvalue weighted by Crippen LogP contribution is -2.48. The Kier molecular flexibility index (Phi) is 5.95. The van der Waals surface area contributed by atoms with Gasteiger partial charge in [0.1, 0.15) is 47.5 Å². The summed E-state index contributed by atoms with van der Waals surface area (Å²) in [6, 6.07) is 2.85. The van der Waals surface area contributed by atoms with Crippen LogP contribution in [0.15, 0.2) is 12.1 Å². The molecule has 9 nitrogen and oxygen atoms in total. The minimum Gasteiger partial charge on any atom is -0.508 e. The lowest BCUT2D eigenvalue weighted by Gasteiger charge is -2.35. The van der Waals surface area contributed by atoms with Crippen LogP contribution in [-0.2, 0) is 4.74 Å². The Morgan fingerprint density at radius 3 is 2.90 bits per heavy atom. The molecular weight excluding hydrogens is 556 g/mol. The molecule has 8 rings (SSSR count). The molecule has 5 aliphatic rings. The highest BCUT2D eigenvalue weighted by molar-refractivity contribution is 6.32. The molecule has 1 saturated carbocycles. The van der Waals surface area contributed by atoms with Gasteiger partial charge in [-0.2, -0.15) is 9.97 Å². The number of aromatic hydroxyl groups is 1. The highest BCUT2D eigenvalue weighted by Crippen LogP contribution is 2.50. The normalized spacial score (nSPS) is 27.4. The Morgan fingerprint density at radius 2 is 2.05 bits per heavy atom. The number of hydrogen-bond acceptors (Lipinski definition) is 9. The molecule has 12 heteroatoms. The number of ether oxygens (including phenoxy) is 3. The van der Waals surface area contributed by atoms with E-state index in [1.54, 1.807) is 0 Å². The first kappa shape index (κ1) is 25.7. The van der Waals surface area contributed by atoms with Gasteiger partial charge in [0, 0.05) is 30.1 Å². The van der Waals surface area contributed by atoms with Crippen LogP contribution in [0.5, 0.6) is 17.6 Å². The number of morpholine rings is 1. The predicted molar refractivity (Wildman–Crippen MR) is 147 cm³/mol. The molecule has 6 heterocycles. The van der Waals surface area contributed by atoms with Crippen molar-refractivity contribution in [1.29, 1.82) is 0 Å². The molecule has 0 bridgehead atoms. The summed E-state index contributed by atoms with van der Waals surface area (Å²) in [5, 5.41) is 11.1. The molecule has 1 aliphatic carbocycles. The number of benzene rings is 1. The van der Waals surface area contributed by atoms with E-state index < -0.39 is 17.5 Å². The fourth-order valence-electron chi connectivity index (χ4n) is 7.14. The van der Waals surface area contributed by atoms with Gasteiger partial charge in [-0.15, -0.1) is 0 Å². The maximum atomic E-state index is 16.7. The largest absolute Gasteiger partial charge is 0.508 e. The summed E-state index contributed by atoms with van der Waals surface area (Å²) in [5.41, 5.74) is 0.811. The predicted octanol–water partition coefficient (Wildman–Crippen LogP) is 4.62. The van der Waals surface area contributed by atoms with Crippen molar-refractivity contribution < 1.29 is 28.1 Å². The van der Waals surface area contributed by atoms with Crippen molar-refractivity contribution in [3.8, 4) is 28.9 Å². The molecule has 216 valence electrons. The van der Waals surface area contributed by atoms with Crippen LogP contribution in [0, 0.1) is 5.82 Å². The molecule has 0 amide bonds. The van der Waals surface area contributed by atoms with E-state index in [0.29, 0.717) is 54.5 Å². The Morgan fingerprint density at radius 1 is 1.17 bits per heavy atom. The number of alkyl halides is 1. The summed E-state index contributed by atoms with van der Waals surface area (Å²) in [6.45, 7) is 3.19. The quantitative estimate of drug-likeness (QED) is 0.460. The zero-order valence-electron chi connectivity index (χ0n) is 22.4. The molecule has 4 fully saturated rings. The number of aromatic nitrogens is 3. The average Bonchev–Trinajstić information content (AvgIpc) is 3.67. The topological polar surface area (TPSA) is 93.1 Å². The smallest absolute Gasteiger partial charge is 0.319 e. The first-order valence-electron chi connectivity index (χ1n) is 14.3. The number of rotatable bonds is 5. The van der Waals surface area contributed by atoms with E-state index in [2.05, 4.69) is 14.9 Å². The standard InChI is InChI=1S/C29H30ClF2N5O4/c30-20-9-18(38)8-19(21(20)15-2-3-15)24-23(32)25-22-26(37-6-7-39-12-17(37)13-40-27(22)33-24)35-28(34-25)41-14-29-4-1-5-36(29)11-16(31)10-29/h8-9,15-17,38H,1-7,10-14H2. The van der Waals surface area contributed by atoms with Gasteiger partial charge in [-0.05, 0) is 55.8 Å². The van der Waals surface area contributed by atoms with E-state index in [4.69, 9.17) is 30.8 Å². The number of fused-ring (bicyclic) bond motifs is 3. The molecule has 0 spiro atoms. The Bertz CT molecular complexity index is 1560. The van der Waals surface area contributed by atoms with Gasteiger partial charge in [-0.1, -0.05) is 11.6 Å². The highest BCUT2D eigenvalue weighted by Gasteiger charge is 2.49. The molecule has 2 aromatic heterocycles. The highest BCUT2D eigenvalue weighted by atomic mass is 35.5. The van der Waals surface area contributed by atoms with Crippen LogP contribution < -0.4 is 14.4 Å². The lowest BCUT2D eigenvalue weighted by atomic mass is 9.95. The van der Waals surface area contributed by atoms with Crippen LogP contribution in [0.2, 0.25) is 5.02 Å². The Labute approximate surface area is 240 Å². The maximum Gasteiger partial charge on any atom is 0.319 e. The maximum absolute atomic E-state index is 16.7. The van der Waals surface area contributed by atoms with Crippen LogP contribution >= 0.6 is 11.6 Å². The number of halogens is 3. The third kappa shape index (κ3) is 4.19. The van der Waals surface area contributed by atoms with Crippen molar-refractivity contribution in [3.05, 3.63) is 28.5 Å². The second-order valence-corrected chi connectivity index (χ2v) is 12.3. The number of pyridine rings is 1. The minimum atomic E-state index is -0.893. The molecule has 3 saturated heterocycles. The van der Waals surface area contributed by atoms with Crippen LogP contribution in [-0.4, -0.2) is 88.8 Å². The third-order valence-corrected chi connectivity index (χ3v) is 9.52. The SMILES string of the molecule is Oc1cc(Cl)c(C2CC2)c(-c2nc3c4c(nc(OCC56CCCN5CC(F)C6)nc4c2F)N2CCOCC2CO3)c1. The molecular formula is C29H30ClF2N5O4. The van der Waals surface area contributed by atoms with E-state index in [1.807, 2.05) is 4.90 Å². The summed E-state index contributed by atoms with van der Waals surface area (Å²) in [6.07, 6.45) is 3.18. The fourth-order valence-corrected chi connectivity index (χ4v) is 7.51. The molecule has 1 aromatic carbocycles. The number of phenolic OH excluding ortho intramolecular Hbond substituents is 1. The molecule has 4 aliphatic heterocycles. The monoisotopic (exact) mass is 585 g/mol. The zero-order valence-corrected chi connectivity index (χ0v) is 23.2. The van der Waals surface area contributed by atoms with Crippen molar-refractivity contribution in [1.82, 2.24) is 19.9 Å². The van der Waals surface area contributed by atoms with Crippen LogP contribution in [0.25, 0.3) is 22.2 Å². The van der Waals surface area contributed by atoms with E-state index >= 15 is 4.39 Å². The molecule has 3 unspecified atom stereocenters. The molecule has 0 radical (unpaired) electrons. The van der Waals surface area contributed by atoms with Crippen molar-refractivity contribution in [3.63, 3.8) is 0 Å². The summed E-state index contributed by atoms with van der Waals surface area (Å²) >= 11 is 6.55. The minimum absolute atomic E-state index is 0.00977. The lowest BCUT2D eigenvalue weighted by molar-refractivity contribution is 0.0774. The van der Waals surface area contributed by atoms with Gasteiger partial charge >= 0.3 is 6.01 Å². The van der Waals surface area contributed by atoms with Gasteiger partial charge in [0.25, 0.3) is 0 Å². The number of anilines is 1. The molecule has 1 N–H and O–H groups in total. The van der Waals surface area contributed by atoms with Gasteiger partial charge in [-0.25, -0.2) is 13.8 Å². The number of hydrogen-bond donors (Lipinski definition) is 1. The fraction of sp³-hybridized carbons (Fsp3) is 0.552. The molecule has 3 aromatic rings. The Hall–Kier alpha value is -3.02. The van der Waals surface area contributed by atoms with Crippen molar-refractivity contribution in [2.45, 2.75) is 55.8 Å². The van der Waals surface area contributed by atoms with Crippen LogP contribution in [0.1, 0.15) is 43.6 Å². The van der Waals surface area contributed by atoms with Gasteiger partial charge in [-0.3, -0.25) is 4.90 Å². The van der Waals surface area contributed by atoms with Gasteiger partial charge in [0.05, 0.1) is 24.8 Å². The van der Waals surface area contributed by atoms with E-state index in [0.717, 1.165) is 37.8 Å². The van der Waals surface area contributed by atoms with E-state index in [9.17, 15) is 9.50 Å². The van der Waals surface area contributed by atoms with Gasteiger partial charge in [0.15, 0.2) is 5.82 Å². The van der Waals surface area contributed by atoms with Gasteiger partial charge < -0.3 is 24.2 Å².